The third-order valence-electron chi connectivity index (χ3n) is 4.62. The topological polar surface area (TPSA) is 62.2 Å². The molecule has 0 spiro atoms. The van der Waals surface area contributed by atoms with Crippen molar-refractivity contribution >= 4 is 5.91 Å². The Morgan fingerprint density at radius 3 is 2.60 bits per heavy atom. The standard InChI is InChI=1S/C19H20F2N2O2/c20-15-6-5-13(10-16(15)21)18(14-4-3-9-22-12-14)23-17(24)11-19(25)7-1-2-8-19/h3-6,9-10,12,18,25H,1-2,7-8,11H2,(H,23,24)/t18-/m0/s1. The number of carbonyl (C=O) groups is 1. The molecular formula is C19H20F2N2O2. The molecule has 1 amide bonds. The zero-order valence-corrected chi connectivity index (χ0v) is 13.7. The zero-order valence-electron chi connectivity index (χ0n) is 13.7. The Labute approximate surface area is 144 Å². The van der Waals surface area contributed by atoms with Crippen molar-refractivity contribution in [2.24, 2.45) is 0 Å². The Hall–Kier alpha value is -2.34. The fourth-order valence-electron chi connectivity index (χ4n) is 3.32. The van der Waals surface area contributed by atoms with E-state index in [1.807, 2.05) is 0 Å². The van der Waals surface area contributed by atoms with Crippen LogP contribution in [0.15, 0.2) is 42.7 Å². The number of benzene rings is 1. The third kappa shape index (κ3) is 4.20. The lowest BCUT2D eigenvalue weighted by molar-refractivity contribution is -0.126. The van der Waals surface area contributed by atoms with Crippen molar-refractivity contribution in [1.82, 2.24) is 10.3 Å². The molecule has 1 aromatic heterocycles. The normalized spacial score (nSPS) is 17.2. The summed E-state index contributed by atoms with van der Waals surface area (Å²) in [5.74, 6) is -2.25. The van der Waals surface area contributed by atoms with Gasteiger partial charge in [-0.15, -0.1) is 0 Å². The number of rotatable bonds is 5. The molecule has 6 heteroatoms. The van der Waals surface area contributed by atoms with Crippen molar-refractivity contribution < 1.29 is 18.7 Å². The van der Waals surface area contributed by atoms with Crippen LogP contribution in [0.1, 0.15) is 49.3 Å². The lowest BCUT2D eigenvalue weighted by Gasteiger charge is -2.24. The van der Waals surface area contributed by atoms with E-state index < -0.39 is 23.3 Å². The van der Waals surface area contributed by atoms with Crippen LogP contribution >= 0.6 is 0 Å². The van der Waals surface area contributed by atoms with Crippen molar-refractivity contribution in [2.45, 2.75) is 43.7 Å². The third-order valence-corrected chi connectivity index (χ3v) is 4.62. The van der Waals surface area contributed by atoms with Gasteiger partial charge >= 0.3 is 0 Å². The van der Waals surface area contributed by atoms with Crippen LogP contribution in [0.4, 0.5) is 8.78 Å². The van der Waals surface area contributed by atoms with E-state index in [1.54, 1.807) is 24.5 Å². The molecule has 1 fully saturated rings. The second-order valence-corrected chi connectivity index (χ2v) is 6.57. The van der Waals surface area contributed by atoms with Crippen LogP contribution < -0.4 is 5.32 Å². The molecule has 0 saturated heterocycles. The molecular weight excluding hydrogens is 326 g/mol. The van der Waals surface area contributed by atoms with Gasteiger partial charge < -0.3 is 10.4 Å². The van der Waals surface area contributed by atoms with Gasteiger partial charge in [0.25, 0.3) is 0 Å². The summed E-state index contributed by atoms with van der Waals surface area (Å²) in [5, 5.41) is 13.2. The van der Waals surface area contributed by atoms with Gasteiger partial charge in [0.1, 0.15) is 0 Å². The Kier molecular flexibility index (Phi) is 5.08. The maximum Gasteiger partial charge on any atom is 0.223 e. The van der Waals surface area contributed by atoms with Crippen LogP contribution in [-0.2, 0) is 4.79 Å². The number of amides is 1. The second kappa shape index (κ2) is 7.27. The first kappa shape index (κ1) is 17.5. The number of hydrogen-bond acceptors (Lipinski definition) is 3. The molecule has 4 nitrogen and oxygen atoms in total. The monoisotopic (exact) mass is 346 g/mol. The number of hydrogen-bond donors (Lipinski definition) is 2. The Bertz CT molecular complexity index is 746. The second-order valence-electron chi connectivity index (χ2n) is 6.57. The summed E-state index contributed by atoms with van der Waals surface area (Å²) in [6.45, 7) is 0. The van der Waals surface area contributed by atoms with E-state index in [9.17, 15) is 18.7 Å². The number of aliphatic hydroxyl groups is 1. The highest BCUT2D eigenvalue weighted by Crippen LogP contribution is 2.33. The first-order chi connectivity index (χ1) is 12.0. The van der Waals surface area contributed by atoms with Crippen LogP contribution in [-0.4, -0.2) is 21.6 Å². The quantitative estimate of drug-likeness (QED) is 0.873. The van der Waals surface area contributed by atoms with E-state index in [1.165, 1.54) is 6.07 Å². The molecule has 1 saturated carbocycles. The molecule has 25 heavy (non-hydrogen) atoms. The van der Waals surface area contributed by atoms with Gasteiger partial charge in [-0.2, -0.15) is 0 Å². The van der Waals surface area contributed by atoms with Gasteiger partial charge in [-0.3, -0.25) is 9.78 Å². The molecule has 1 aliphatic carbocycles. The summed E-state index contributed by atoms with van der Waals surface area (Å²) in [5.41, 5.74) is 0.0939. The van der Waals surface area contributed by atoms with Crippen LogP contribution in [0.25, 0.3) is 0 Å². The lowest BCUT2D eigenvalue weighted by Crippen LogP contribution is -2.37. The molecule has 3 rings (SSSR count). The van der Waals surface area contributed by atoms with Crippen molar-refractivity contribution in [2.75, 3.05) is 0 Å². The zero-order chi connectivity index (χ0) is 17.9. The minimum atomic E-state index is -0.977. The molecule has 0 unspecified atom stereocenters. The summed E-state index contributed by atoms with van der Waals surface area (Å²) < 4.78 is 26.9. The Morgan fingerprint density at radius 1 is 1.20 bits per heavy atom. The average Bonchev–Trinajstić information content (AvgIpc) is 3.02. The van der Waals surface area contributed by atoms with E-state index in [0.29, 0.717) is 24.0 Å². The van der Waals surface area contributed by atoms with Gasteiger partial charge in [0, 0.05) is 12.4 Å². The molecule has 2 N–H and O–H groups in total. The summed E-state index contributed by atoms with van der Waals surface area (Å²) >= 11 is 0. The van der Waals surface area contributed by atoms with E-state index >= 15 is 0 Å². The van der Waals surface area contributed by atoms with E-state index in [2.05, 4.69) is 10.3 Å². The highest BCUT2D eigenvalue weighted by molar-refractivity contribution is 5.78. The number of nitrogens with one attached hydrogen (secondary N) is 1. The summed E-state index contributed by atoms with van der Waals surface area (Å²) in [6.07, 6.45) is 6.16. The predicted molar refractivity (Wildman–Crippen MR) is 88.6 cm³/mol. The largest absolute Gasteiger partial charge is 0.389 e. The van der Waals surface area contributed by atoms with Crippen LogP contribution in [0.3, 0.4) is 0 Å². The molecule has 2 aromatic rings. The predicted octanol–water partition coefficient (Wildman–Crippen LogP) is 3.26. The molecule has 1 heterocycles. The summed E-state index contributed by atoms with van der Waals surface area (Å²) in [7, 11) is 0. The van der Waals surface area contributed by atoms with E-state index in [0.717, 1.165) is 25.0 Å². The molecule has 0 radical (unpaired) electrons. The van der Waals surface area contributed by atoms with Crippen LogP contribution in [0, 0.1) is 11.6 Å². The number of aromatic nitrogens is 1. The SMILES string of the molecule is O=C(CC1(O)CCCC1)N[C@H](c1cccnc1)c1ccc(F)c(F)c1. The fraction of sp³-hybridized carbons (Fsp3) is 0.368. The maximum absolute atomic E-state index is 13.6. The van der Waals surface area contributed by atoms with Crippen molar-refractivity contribution in [3.8, 4) is 0 Å². The highest BCUT2D eigenvalue weighted by atomic mass is 19.2. The number of nitrogens with zero attached hydrogens (tertiary/aromatic N) is 1. The van der Waals surface area contributed by atoms with Gasteiger partial charge in [0.2, 0.25) is 5.91 Å². The maximum atomic E-state index is 13.6. The number of carbonyl (C=O) groups excluding carboxylic acids is 1. The van der Waals surface area contributed by atoms with Crippen molar-refractivity contribution in [3.05, 3.63) is 65.5 Å². The smallest absolute Gasteiger partial charge is 0.223 e. The minimum Gasteiger partial charge on any atom is -0.389 e. The van der Waals surface area contributed by atoms with E-state index in [4.69, 9.17) is 0 Å². The minimum absolute atomic E-state index is 0.00651. The van der Waals surface area contributed by atoms with Gasteiger partial charge in [-0.05, 0) is 42.2 Å². The Balaban J connectivity index is 1.84. The van der Waals surface area contributed by atoms with E-state index in [-0.39, 0.29) is 12.3 Å². The number of halogens is 2. The molecule has 132 valence electrons. The van der Waals surface area contributed by atoms with Gasteiger partial charge in [-0.1, -0.05) is 25.0 Å². The summed E-state index contributed by atoms with van der Waals surface area (Å²) in [4.78, 5) is 16.5. The van der Waals surface area contributed by atoms with Gasteiger partial charge in [0.15, 0.2) is 11.6 Å². The molecule has 1 atom stereocenters. The molecule has 0 bridgehead atoms. The fourth-order valence-corrected chi connectivity index (χ4v) is 3.32. The molecule has 1 aliphatic rings. The lowest BCUT2D eigenvalue weighted by atomic mass is 9.95. The first-order valence-corrected chi connectivity index (χ1v) is 8.33. The molecule has 1 aromatic carbocycles. The highest BCUT2D eigenvalue weighted by Gasteiger charge is 2.34. The van der Waals surface area contributed by atoms with Gasteiger partial charge in [-0.25, -0.2) is 8.78 Å². The van der Waals surface area contributed by atoms with Gasteiger partial charge in [0.05, 0.1) is 18.1 Å². The number of pyridine rings is 1. The van der Waals surface area contributed by atoms with Crippen LogP contribution in [0.5, 0.6) is 0 Å². The van der Waals surface area contributed by atoms with Crippen molar-refractivity contribution in [1.29, 1.82) is 0 Å². The first-order valence-electron chi connectivity index (χ1n) is 8.33. The van der Waals surface area contributed by atoms with Crippen LogP contribution in [0.2, 0.25) is 0 Å². The van der Waals surface area contributed by atoms with Crippen molar-refractivity contribution in [3.63, 3.8) is 0 Å². The Morgan fingerprint density at radius 2 is 1.96 bits per heavy atom. The summed E-state index contributed by atoms with van der Waals surface area (Å²) in [6, 6.07) is 6.33. The average molecular weight is 346 g/mol. The molecule has 0 aliphatic heterocycles.